The van der Waals surface area contributed by atoms with Crippen molar-refractivity contribution in [2.45, 2.75) is 58.5 Å². The number of carbonyl (C=O) groups is 1. The first-order valence-corrected chi connectivity index (χ1v) is 8.32. The molecule has 0 unspecified atom stereocenters. The Kier molecular flexibility index (Phi) is 4.07. The zero-order valence-electron chi connectivity index (χ0n) is 14.6. The maximum absolute atomic E-state index is 12.5. The summed E-state index contributed by atoms with van der Waals surface area (Å²) in [6, 6.07) is 4.04. The number of pyridine rings is 1. The molecule has 6 heteroatoms. The first kappa shape index (κ1) is 16.5. The lowest BCUT2D eigenvalue weighted by Crippen LogP contribution is -2.33. The Balaban J connectivity index is 1.75. The minimum absolute atomic E-state index is 0.0488. The van der Waals surface area contributed by atoms with Gasteiger partial charge in [0, 0.05) is 17.7 Å². The zero-order valence-corrected chi connectivity index (χ0v) is 14.6. The normalized spacial score (nSPS) is 14.7. The molecule has 0 aliphatic heterocycles. The first-order valence-electron chi connectivity index (χ1n) is 8.32. The van der Waals surface area contributed by atoms with Crippen molar-refractivity contribution in [3.8, 4) is 0 Å². The molecule has 0 saturated heterocycles. The van der Waals surface area contributed by atoms with Crippen LogP contribution in [-0.2, 0) is 12.0 Å². The Morgan fingerprint density at radius 2 is 2.12 bits per heavy atom. The molecule has 128 valence electrons. The molecule has 2 aromatic rings. The summed E-state index contributed by atoms with van der Waals surface area (Å²) in [7, 11) is 0. The first-order chi connectivity index (χ1) is 11.3. The summed E-state index contributed by atoms with van der Waals surface area (Å²) < 4.78 is 1.68. The molecule has 1 fully saturated rings. The van der Waals surface area contributed by atoms with E-state index in [9.17, 15) is 9.59 Å². The van der Waals surface area contributed by atoms with Crippen LogP contribution in [-0.4, -0.2) is 20.7 Å². The Bertz CT molecular complexity index is 822. The highest BCUT2D eigenvalue weighted by molar-refractivity contribution is 5.95. The molecule has 0 atom stereocenters. The van der Waals surface area contributed by atoms with Gasteiger partial charge in [-0.1, -0.05) is 20.8 Å². The van der Waals surface area contributed by atoms with Crippen molar-refractivity contribution in [1.82, 2.24) is 20.1 Å². The fraction of sp³-hybridized carbons (Fsp3) is 0.500. The molecule has 0 bridgehead atoms. The lowest BCUT2D eigenvalue weighted by Gasteiger charge is -2.13. The van der Waals surface area contributed by atoms with Crippen LogP contribution in [0.4, 0.5) is 0 Å². The summed E-state index contributed by atoms with van der Waals surface area (Å²) in [5.41, 5.74) is 2.46. The fourth-order valence-corrected chi connectivity index (χ4v) is 2.66. The second kappa shape index (κ2) is 5.92. The molecule has 2 N–H and O–H groups in total. The smallest absolute Gasteiger partial charge is 0.263 e. The van der Waals surface area contributed by atoms with E-state index in [2.05, 4.69) is 36.3 Å². The molecule has 2 heterocycles. The van der Waals surface area contributed by atoms with Gasteiger partial charge in [0.2, 0.25) is 0 Å². The molecule has 0 spiro atoms. The van der Waals surface area contributed by atoms with E-state index in [4.69, 9.17) is 0 Å². The van der Waals surface area contributed by atoms with Gasteiger partial charge in [-0.3, -0.25) is 14.7 Å². The van der Waals surface area contributed by atoms with Crippen molar-refractivity contribution in [2.75, 3.05) is 0 Å². The van der Waals surface area contributed by atoms with E-state index in [0.29, 0.717) is 12.1 Å². The van der Waals surface area contributed by atoms with Crippen molar-refractivity contribution < 1.29 is 4.79 Å². The number of aromatic amines is 1. The van der Waals surface area contributed by atoms with Crippen molar-refractivity contribution in [1.29, 1.82) is 0 Å². The van der Waals surface area contributed by atoms with Crippen molar-refractivity contribution in [3.05, 3.63) is 51.2 Å². The van der Waals surface area contributed by atoms with Gasteiger partial charge in [0.1, 0.15) is 5.56 Å². The third kappa shape index (κ3) is 3.27. The van der Waals surface area contributed by atoms with Crippen LogP contribution in [0.25, 0.3) is 0 Å². The average molecular weight is 328 g/mol. The minimum atomic E-state index is -0.334. The van der Waals surface area contributed by atoms with Crippen LogP contribution in [0, 0.1) is 6.92 Å². The van der Waals surface area contributed by atoms with E-state index in [1.807, 2.05) is 12.1 Å². The number of amides is 1. The Morgan fingerprint density at radius 1 is 1.42 bits per heavy atom. The predicted octanol–water partition coefficient (Wildman–Crippen LogP) is 2.44. The number of hydrogen-bond donors (Lipinski definition) is 2. The molecule has 0 aromatic carbocycles. The maximum atomic E-state index is 12.5. The van der Waals surface area contributed by atoms with E-state index < -0.39 is 0 Å². The molecule has 1 aliphatic rings. The van der Waals surface area contributed by atoms with Gasteiger partial charge in [-0.2, -0.15) is 5.10 Å². The second-order valence-corrected chi connectivity index (χ2v) is 7.53. The molecule has 1 saturated carbocycles. The lowest BCUT2D eigenvalue weighted by molar-refractivity contribution is 0.0947. The summed E-state index contributed by atoms with van der Waals surface area (Å²) in [6.07, 6.45) is 3.80. The molecule has 6 nitrogen and oxygen atoms in total. The van der Waals surface area contributed by atoms with Gasteiger partial charge in [-0.15, -0.1) is 0 Å². The molecule has 3 rings (SSSR count). The van der Waals surface area contributed by atoms with Crippen LogP contribution in [0.1, 0.15) is 67.0 Å². The monoisotopic (exact) mass is 328 g/mol. The molecule has 0 radical (unpaired) electrons. The van der Waals surface area contributed by atoms with Gasteiger partial charge in [0.15, 0.2) is 0 Å². The molecule has 1 amide bonds. The van der Waals surface area contributed by atoms with Crippen LogP contribution >= 0.6 is 0 Å². The predicted molar refractivity (Wildman–Crippen MR) is 92.2 cm³/mol. The molecule has 1 aliphatic carbocycles. The summed E-state index contributed by atoms with van der Waals surface area (Å²) >= 11 is 0. The molecule has 2 aromatic heterocycles. The standard InChI is InChI=1S/C18H24N4O2/c1-11-7-8-22(13-5-6-13)17(24)15(11)16(23)19-10-12-9-14(21-20-12)18(2,3)4/h7-9,13H,5-6,10H2,1-4H3,(H,19,23)(H,20,21). The second-order valence-electron chi connectivity index (χ2n) is 7.53. The highest BCUT2D eigenvalue weighted by atomic mass is 16.2. The minimum Gasteiger partial charge on any atom is -0.346 e. The van der Waals surface area contributed by atoms with Crippen molar-refractivity contribution in [3.63, 3.8) is 0 Å². The van der Waals surface area contributed by atoms with E-state index in [1.54, 1.807) is 17.7 Å². The number of hydrogen-bond acceptors (Lipinski definition) is 3. The maximum Gasteiger partial charge on any atom is 0.263 e. The average Bonchev–Trinajstić information content (AvgIpc) is 3.21. The fourth-order valence-electron chi connectivity index (χ4n) is 2.66. The molecular formula is C18H24N4O2. The summed E-state index contributed by atoms with van der Waals surface area (Å²) in [5.74, 6) is -0.334. The van der Waals surface area contributed by atoms with Gasteiger partial charge < -0.3 is 9.88 Å². The van der Waals surface area contributed by atoms with Gasteiger partial charge in [0.05, 0.1) is 17.9 Å². The van der Waals surface area contributed by atoms with Gasteiger partial charge in [-0.25, -0.2) is 0 Å². The van der Waals surface area contributed by atoms with Crippen LogP contribution in [0.15, 0.2) is 23.1 Å². The van der Waals surface area contributed by atoms with Crippen molar-refractivity contribution in [2.24, 2.45) is 0 Å². The Labute approximate surface area is 141 Å². The lowest BCUT2D eigenvalue weighted by atomic mass is 9.92. The van der Waals surface area contributed by atoms with Crippen LogP contribution in [0.2, 0.25) is 0 Å². The number of rotatable bonds is 4. The molecule has 24 heavy (non-hydrogen) atoms. The van der Waals surface area contributed by atoms with Gasteiger partial charge >= 0.3 is 0 Å². The number of nitrogens with one attached hydrogen (secondary N) is 2. The van der Waals surface area contributed by atoms with E-state index in [1.165, 1.54) is 0 Å². The Hall–Kier alpha value is -2.37. The van der Waals surface area contributed by atoms with E-state index in [0.717, 1.165) is 24.2 Å². The number of carbonyl (C=O) groups excluding carboxylic acids is 1. The quantitative estimate of drug-likeness (QED) is 0.904. The third-order valence-corrected chi connectivity index (χ3v) is 4.33. The van der Waals surface area contributed by atoms with E-state index in [-0.39, 0.29) is 28.5 Å². The summed E-state index contributed by atoms with van der Waals surface area (Å²) in [4.78, 5) is 25.0. The van der Waals surface area contributed by atoms with Crippen LogP contribution < -0.4 is 10.9 Å². The summed E-state index contributed by atoms with van der Waals surface area (Å²) in [5, 5.41) is 10.0. The number of nitrogens with zero attached hydrogens (tertiary/aromatic N) is 2. The summed E-state index contributed by atoms with van der Waals surface area (Å²) in [6.45, 7) is 8.36. The highest BCUT2D eigenvalue weighted by Crippen LogP contribution is 2.33. The third-order valence-electron chi connectivity index (χ3n) is 4.33. The van der Waals surface area contributed by atoms with Gasteiger partial charge in [0.25, 0.3) is 11.5 Å². The van der Waals surface area contributed by atoms with Crippen molar-refractivity contribution >= 4 is 5.91 Å². The number of aromatic nitrogens is 3. The zero-order chi connectivity index (χ0) is 17.5. The number of aryl methyl sites for hydroxylation is 1. The number of H-pyrrole nitrogens is 1. The molecular weight excluding hydrogens is 304 g/mol. The van der Waals surface area contributed by atoms with E-state index >= 15 is 0 Å². The largest absolute Gasteiger partial charge is 0.346 e. The van der Waals surface area contributed by atoms with Crippen LogP contribution in [0.3, 0.4) is 0 Å². The topological polar surface area (TPSA) is 79.8 Å². The Morgan fingerprint density at radius 3 is 2.71 bits per heavy atom. The highest BCUT2D eigenvalue weighted by Gasteiger charge is 2.27. The van der Waals surface area contributed by atoms with Gasteiger partial charge in [-0.05, 0) is 37.5 Å². The van der Waals surface area contributed by atoms with Crippen LogP contribution in [0.5, 0.6) is 0 Å². The SMILES string of the molecule is Cc1ccn(C2CC2)c(=O)c1C(=O)NCc1cc(C(C)(C)C)n[nH]1.